The van der Waals surface area contributed by atoms with Crippen molar-refractivity contribution in [3.63, 3.8) is 0 Å². The average Bonchev–Trinajstić information content (AvgIpc) is 2.87. The van der Waals surface area contributed by atoms with Crippen molar-refractivity contribution in [3.05, 3.63) is 75.6 Å². The Bertz CT molecular complexity index is 1230. The lowest BCUT2D eigenvalue weighted by Crippen LogP contribution is -2.47. The van der Waals surface area contributed by atoms with Gasteiger partial charge in [-0.3, -0.25) is 10.1 Å². The molecule has 0 atom stereocenters. The van der Waals surface area contributed by atoms with Crippen molar-refractivity contribution in [2.75, 3.05) is 47.9 Å². The Kier molecular flexibility index (Phi) is 7.84. The molecule has 0 unspecified atom stereocenters. The van der Waals surface area contributed by atoms with E-state index in [1.54, 1.807) is 24.3 Å². The number of nitrogens with one attached hydrogen (secondary N) is 1. The van der Waals surface area contributed by atoms with Crippen molar-refractivity contribution in [1.82, 2.24) is 9.97 Å². The Balaban J connectivity index is 1.48. The molecule has 1 N–H and O–H groups in total. The third-order valence-corrected chi connectivity index (χ3v) is 5.90. The number of hydrogen-bond acceptors (Lipinski definition) is 9. The van der Waals surface area contributed by atoms with Crippen LogP contribution in [0, 0.1) is 16.0 Å². The van der Waals surface area contributed by atoms with Gasteiger partial charge in [-0.25, -0.2) is 14.8 Å². The maximum absolute atomic E-state index is 12.1. The Hall–Kier alpha value is -3.92. The summed E-state index contributed by atoms with van der Waals surface area (Å²) >= 11 is 6.12. The second-order valence-electron chi connectivity index (χ2n) is 8.80. The Morgan fingerprint density at radius 2 is 1.81 bits per heavy atom. The first-order valence-corrected chi connectivity index (χ1v) is 12.0. The summed E-state index contributed by atoms with van der Waals surface area (Å²) in [5, 5.41) is 15.7. The van der Waals surface area contributed by atoms with Crippen LogP contribution in [-0.4, -0.2) is 53.6 Å². The first-order valence-electron chi connectivity index (χ1n) is 11.6. The standard InChI is InChI=1S/C25H27ClN6O4/c1-17(2)15-36-25(33)18-6-8-20(9-7-18)29-23-22(32(34)35)24(28-16-27-23)31-12-10-30(11-13-31)21-5-3-4-19(26)14-21/h3-9,14,16-17H,10-13,15H2,1-2H3,(H,27,28,29). The van der Waals surface area contributed by atoms with E-state index in [2.05, 4.69) is 20.2 Å². The first kappa shape index (κ1) is 25.2. The van der Waals surface area contributed by atoms with Gasteiger partial charge in [-0.05, 0) is 48.4 Å². The van der Waals surface area contributed by atoms with E-state index in [0.29, 0.717) is 49.1 Å². The van der Waals surface area contributed by atoms with Gasteiger partial charge in [-0.15, -0.1) is 0 Å². The van der Waals surface area contributed by atoms with Crippen molar-refractivity contribution >= 4 is 46.3 Å². The molecular formula is C25H27ClN6O4. The monoisotopic (exact) mass is 510 g/mol. The van der Waals surface area contributed by atoms with Gasteiger partial charge in [0.25, 0.3) is 0 Å². The molecule has 2 aromatic carbocycles. The number of carbonyl (C=O) groups excluding carboxylic acids is 1. The molecule has 188 valence electrons. The Labute approximate surface area is 214 Å². The number of benzene rings is 2. The molecular weight excluding hydrogens is 484 g/mol. The molecule has 0 aliphatic carbocycles. The highest BCUT2D eigenvalue weighted by Crippen LogP contribution is 2.34. The van der Waals surface area contributed by atoms with E-state index in [1.807, 2.05) is 43.0 Å². The molecule has 1 aromatic heterocycles. The highest BCUT2D eigenvalue weighted by Gasteiger charge is 2.29. The van der Waals surface area contributed by atoms with Crippen LogP contribution < -0.4 is 15.1 Å². The summed E-state index contributed by atoms with van der Waals surface area (Å²) in [4.78, 5) is 36.1. The van der Waals surface area contributed by atoms with Crippen molar-refractivity contribution < 1.29 is 14.5 Å². The lowest BCUT2D eigenvalue weighted by molar-refractivity contribution is -0.383. The van der Waals surface area contributed by atoms with Gasteiger partial charge < -0.3 is 19.9 Å². The minimum Gasteiger partial charge on any atom is -0.462 e. The van der Waals surface area contributed by atoms with Crippen molar-refractivity contribution in [1.29, 1.82) is 0 Å². The summed E-state index contributed by atoms with van der Waals surface area (Å²) in [5.41, 5.74) is 1.76. The highest BCUT2D eigenvalue weighted by atomic mass is 35.5. The van der Waals surface area contributed by atoms with Gasteiger partial charge in [0, 0.05) is 42.6 Å². The van der Waals surface area contributed by atoms with Gasteiger partial charge in [0.15, 0.2) is 0 Å². The second-order valence-corrected chi connectivity index (χ2v) is 9.24. The van der Waals surface area contributed by atoms with E-state index in [4.69, 9.17) is 16.3 Å². The summed E-state index contributed by atoms with van der Waals surface area (Å²) in [6, 6.07) is 14.1. The number of esters is 1. The quantitative estimate of drug-likeness (QED) is 0.256. The van der Waals surface area contributed by atoms with E-state index >= 15 is 0 Å². The summed E-state index contributed by atoms with van der Waals surface area (Å²) in [6.07, 6.45) is 1.31. The Morgan fingerprint density at radius 3 is 2.44 bits per heavy atom. The number of aromatic nitrogens is 2. The molecule has 2 heterocycles. The third-order valence-electron chi connectivity index (χ3n) is 5.67. The van der Waals surface area contributed by atoms with Crippen LogP contribution in [0.5, 0.6) is 0 Å². The fourth-order valence-electron chi connectivity index (χ4n) is 3.86. The van der Waals surface area contributed by atoms with Crippen molar-refractivity contribution in [2.45, 2.75) is 13.8 Å². The molecule has 0 radical (unpaired) electrons. The normalized spacial score (nSPS) is 13.6. The predicted molar refractivity (Wildman–Crippen MR) is 139 cm³/mol. The van der Waals surface area contributed by atoms with Crippen molar-refractivity contribution in [2.24, 2.45) is 5.92 Å². The van der Waals surface area contributed by atoms with Crippen LogP contribution in [0.15, 0.2) is 54.9 Å². The molecule has 0 saturated carbocycles. The van der Waals surface area contributed by atoms with E-state index in [0.717, 1.165) is 5.69 Å². The maximum Gasteiger partial charge on any atom is 0.353 e. The molecule has 0 bridgehead atoms. The van der Waals surface area contributed by atoms with Crippen LogP contribution >= 0.6 is 11.6 Å². The maximum atomic E-state index is 12.1. The zero-order chi connectivity index (χ0) is 25.7. The van der Waals surface area contributed by atoms with Crippen molar-refractivity contribution in [3.8, 4) is 0 Å². The number of nitro groups is 1. The molecule has 1 saturated heterocycles. The number of hydrogen-bond donors (Lipinski definition) is 1. The smallest absolute Gasteiger partial charge is 0.353 e. The third kappa shape index (κ3) is 6.01. The van der Waals surface area contributed by atoms with Gasteiger partial charge in [-0.1, -0.05) is 31.5 Å². The molecule has 4 rings (SSSR count). The van der Waals surface area contributed by atoms with Crippen LogP contribution in [0.2, 0.25) is 5.02 Å². The number of halogens is 1. The molecule has 1 aliphatic rings. The topological polar surface area (TPSA) is 114 Å². The lowest BCUT2D eigenvalue weighted by Gasteiger charge is -2.36. The van der Waals surface area contributed by atoms with Crippen LogP contribution in [0.25, 0.3) is 0 Å². The zero-order valence-electron chi connectivity index (χ0n) is 20.1. The van der Waals surface area contributed by atoms with Gasteiger partial charge in [-0.2, -0.15) is 0 Å². The lowest BCUT2D eigenvalue weighted by atomic mass is 10.2. The fourth-order valence-corrected chi connectivity index (χ4v) is 4.05. The molecule has 0 amide bonds. The molecule has 0 spiro atoms. The minimum absolute atomic E-state index is 0.0809. The summed E-state index contributed by atoms with van der Waals surface area (Å²) in [6.45, 7) is 6.69. The molecule has 3 aromatic rings. The van der Waals surface area contributed by atoms with Crippen LogP contribution in [-0.2, 0) is 4.74 Å². The number of nitrogens with zero attached hydrogens (tertiary/aromatic N) is 5. The summed E-state index contributed by atoms with van der Waals surface area (Å²) in [7, 11) is 0. The largest absolute Gasteiger partial charge is 0.462 e. The zero-order valence-corrected chi connectivity index (χ0v) is 20.8. The van der Waals surface area contributed by atoms with Gasteiger partial charge >= 0.3 is 11.7 Å². The predicted octanol–water partition coefficient (Wildman–Crippen LogP) is 4.92. The first-order chi connectivity index (χ1) is 17.3. The van der Waals surface area contributed by atoms with E-state index < -0.39 is 10.9 Å². The van der Waals surface area contributed by atoms with Crippen LogP contribution in [0.3, 0.4) is 0 Å². The van der Waals surface area contributed by atoms with Crippen LogP contribution in [0.4, 0.5) is 28.7 Å². The molecule has 36 heavy (non-hydrogen) atoms. The molecule has 11 heteroatoms. The summed E-state index contributed by atoms with van der Waals surface area (Å²) in [5.74, 6) is 0.166. The molecule has 1 aliphatic heterocycles. The fraction of sp³-hybridized carbons (Fsp3) is 0.320. The number of carbonyl (C=O) groups is 1. The van der Waals surface area contributed by atoms with Gasteiger partial charge in [0.1, 0.15) is 6.33 Å². The van der Waals surface area contributed by atoms with E-state index in [1.165, 1.54) is 6.33 Å². The van der Waals surface area contributed by atoms with Crippen LogP contribution in [0.1, 0.15) is 24.2 Å². The van der Waals surface area contributed by atoms with E-state index in [-0.39, 0.29) is 23.2 Å². The highest BCUT2D eigenvalue weighted by molar-refractivity contribution is 6.30. The minimum atomic E-state index is -0.474. The molecule has 1 fully saturated rings. The van der Waals surface area contributed by atoms with Gasteiger partial charge in [0.05, 0.1) is 17.1 Å². The Morgan fingerprint density at radius 1 is 1.11 bits per heavy atom. The molecule has 10 nitrogen and oxygen atoms in total. The number of ether oxygens (including phenoxy) is 1. The van der Waals surface area contributed by atoms with Gasteiger partial charge in [0.2, 0.25) is 11.6 Å². The summed E-state index contributed by atoms with van der Waals surface area (Å²) < 4.78 is 5.24. The van der Waals surface area contributed by atoms with E-state index in [9.17, 15) is 14.9 Å². The SMILES string of the molecule is CC(C)COC(=O)c1ccc(Nc2ncnc(N3CCN(c4cccc(Cl)c4)CC3)c2[N+](=O)[O-])cc1. The average molecular weight is 511 g/mol. The number of piperazine rings is 1. The second kappa shape index (κ2) is 11.2. The number of rotatable bonds is 8. The number of anilines is 4.